The van der Waals surface area contributed by atoms with Gasteiger partial charge in [-0.1, -0.05) is 74.8 Å². The molecule has 0 bridgehead atoms. The molecule has 4 aliphatic carbocycles. The minimum absolute atomic E-state index is 0.250. The molecule has 2 saturated carbocycles. The topological polar surface area (TPSA) is 0 Å². The highest BCUT2D eigenvalue weighted by Crippen LogP contribution is 2.63. The first-order valence-electron chi connectivity index (χ1n) is 10.4. The molecule has 132 valence electrons. The van der Waals surface area contributed by atoms with Gasteiger partial charge in [-0.05, 0) is 69.1 Å². The van der Waals surface area contributed by atoms with Crippen LogP contribution in [0.4, 0.5) is 0 Å². The average molecular weight is 325 g/mol. The normalized spacial score (nSPS) is 41.5. The van der Waals surface area contributed by atoms with Gasteiger partial charge in [0.05, 0.1) is 0 Å². The van der Waals surface area contributed by atoms with Crippen LogP contribution in [0.2, 0.25) is 0 Å². The first kappa shape index (κ1) is 17.8. The van der Waals surface area contributed by atoms with Crippen molar-refractivity contribution in [2.45, 2.75) is 79.6 Å². The molecule has 0 radical (unpaired) electrons. The molecule has 0 N–H and O–H groups in total. The zero-order valence-electron chi connectivity index (χ0n) is 16.5. The van der Waals surface area contributed by atoms with Crippen LogP contribution >= 0.6 is 0 Å². The van der Waals surface area contributed by atoms with Crippen LogP contribution in [-0.4, -0.2) is 0 Å². The molecule has 0 amide bonds. The molecule has 0 saturated heterocycles. The summed E-state index contributed by atoms with van der Waals surface area (Å²) in [6.07, 6.45) is 21.7. The van der Waals surface area contributed by atoms with Gasteiger partial charge in [0.15, 0.2) is 0 Å². The van der Waals surface area contributed by atoms with Gasteiger partial charge in [0, 0.05) is 5.41 Å². The summed E-state index contributed by atoms with van der Waals surface area (Å²) < 4.78 is 0. The standard InChI is InChI=1S/C22H30.C2H6/c1-4-7-16-10-12-19-18-11-9-17-8-5-6-14-21(17,2)20(18)13-15-22(16,19)3;1-2/h6-8,13-14,18-19H,4-5,9-12,15H2,1-3H3;1-2H3/b16-7-;. The average Bonchev–Trinajstić information content (AvgIpc) is 2.93. The molecule has 2 fully saturated rings. The van der Waals surface area contributed by atoms with Crippen molar-refractivity contribution in [1.82, 2.24) is 0 Å². The van der Waals surface area contributed by atoms with E-state index in [-0.39, 0.29) is 5.41 Å². The highest BCUT2D eigenvalue weighted by atomic mass is 14.6. The Morgan fingerprint density at radius 3 is 2.67 bits per heavy atom. The molecule has 0 nitrogen and oxygen atoms in total. The first-order valence-corrected chi connectivity index (χ1v) is 10.4. The summed E-state index contributed by atoms with van der Waals surface area (Å²) in [4.78, 5) is 0. The Morgan fingerprint density at radius 2 is 1.92 bits per heavy atom. The molecule has 0 aliphatic heterocycles. The predicted molar refractivity (Wildman–Crippen MR) is 106 cm³/mol. The van der Waals surface area contributed by atoms with Crippen molar-refractivity contribution in [2.24, 2.45) is 22.7 Å². The van der Waals surface area contributed by atoms with Gasteiger partial charge in [-0.2, -0.15) is 0 Å². The zero-order chi connectivity index (χ0) is 17.4. The fourth-order valence-electron chi connectivity index (χ4n) is 6.09. The van der Waals surface area contributed by atoms with Crippen LogP contribution < -0.4 is 0 Å². The molecule has 0 aromatic carbocycles. The lowest BCUT2D eigenvalue weighted by molar-refractivity contribution is 0.157. The Hall–Kier alpha value is -1.04. The van der Waals surface area contributed by atoms with E-state index < -0.39 is 0 Å². The molecule has 0 heteroatoms. The number of hydrogen-bond donors (Lipinski definition) is 0. The van der Waals surface area contributed by atoms with E-state index in [1.165, 1.54) is 38.5 Å². The number of allylic oxidation sites excluding steroid dienone is 8. The van der Waals surface area contributed by atoms with Crippen LogP contribution in [0.25, 0.3) is 0 Å². The van der Waals surface area contributed by atoms with Gasteiger partial charge in [0.1, 0.15) is 0 Å². The second kappa shape index (κ2) is 6.70. The van der Waals surface area contributed by atoms with E-state index in [0.717, 1.165) is 18.3 Å². The van der Waals surface area contributed by atoms with Crippen molar-refractivity contribution in [3.05, 3.63) is 47.1 Å². The molecule has 4 aliphatic rings. The highest BCUT2D eigenvalue weighted by molar-refractivity contribution is 5.45. The summed E-state index contributed by atoms with van der Waals surface area (Å²) in [5.41, 5.74) is 5.94. The number of hydrogen-bond acceptors (Lipinski definition) is 0. The molecular formula is C24H36. The van der Waals surface area contributed by atoms with Crippen molar-refractivity contribution < 1.29 is 0 Å². The van der Waals surface area contributed by atoms with Crippen molar-refractivity contribution in [2.75, 3.05) is 0 Å². The van der Waals surface area contributed by atoms with Gasteiger partial charge in [0.25, 0.3) is 0 Å². The van der Waals surface area contributed by atoms with E-state index in [4.69, 9.17) is 0 Å². The van der Waals surface area contributed by atoms with E-state index in [9.17, 15) is 0 Å². The minimum Gasteiger partial charge on any atom is -0.0850 e. The molecule has 0 spiro atoms. The second-order valence-electron chi connectivity index (χ2n) is 8.28. The zero-order valence-corrected chi connectivity index (χ0v) is 16.5. The van der Waals surface area contributed by atoms with Gasteiger partial charge >= 0.3 is 0 Å². The Kier molecular flexibility index (Phi) is 4.96. The summed E-state index contributed by atoms with van der Waals surface area (Å²) in [5.74, 6) is 1.71. The third kappa shape index (κ3) is 2.49. The van der Waals surface area contributed by atoms with E-state index in [2.05, 4.69) is 51.2 Å². The Balaban J connectivity index is 0.000000815. The quantitative estimate of drug-likeness (QED) is 0.441. The maximum Gasteiger partial charge on any atom is 0.0275 e. The molecule has 4 unspecified atom stereocenters. The fourth-order valence-corrected chi connectivity index (χ4v) is 6.09. The monoisotopic (exact) mass is 324 g/mol. The highest BCUT2D eigenvalue weighted by Gasteiger charge is 2.53. The van der Waals surface area contributed by atoms with Crippen molar-refractivity contribution >= 4 is 0 Å². The van der Waals surface area contributed by atoms with E-state index >= 15 is 0 Å². The van der Waals surface area contributed by atoms with Crippen molar-refractivity contribution in [1.29, 1.82) is 0 Å². The van der Waals surface area contributed by atoms with Gasteiger partial charge in [-0.3, -0.25) is 0 Å². The summed E-state index contributed by atoms with van der Waals surface area (Å²) in [6.45, 7) is 11.3. The van der Waals surface area contributed by atoms with Crippen LogP contribution in [0.5, 0.6) is 0 Å². The van der Waals surface area contributed by atoms with Gasteiger partial charge < -0.3 is 0 Å². The molecule has 4 rings (SSSR count). The summed E-state index contributed by atoms with van der Waals surface area (Å²) in [5, 5.41) is 0. The molecule has 0 aromatic heterocycles. The third-order valence-corrected chi connectivity index (χ3v) is 7.30. The lowest BCUT2D eigenvalue weighted by Crippen LogP contribution is -2.41. The van der Waals surface area contributed by atoms with Crippen molar-refractivity contribution in [3.8, 4) is 0 Å². The third-order valence-electron chi connectivity index (χ3n) is 7.30. The molecule has 4 atom stereocenters. The van der Waals surface area contributed by atoms with Crippen LogP contribution in [0.1, 0.15) is 79.6 Å². The van der Waals surface area contributed by atoms with Gasteiger partial charge in [-0.25, -0.2) is 0 Å². The number of rotatable bonds is 1. The lowest BCUT2D eigenvalue weighted by Gasteiger charge is -2.51. The summed E-state index contributed by atoms with van der Waals surface area (Å²) in [7, 11) is 0. The fraction of sp³-hybridized carbons (Fsp3) is 0.667. The number of fused-ring (bicyclic) bond motifs is 5. The molecular weight excluding hydrogens is 288 g/mol. The predicted octanol–water partition coefficient (Wildman–Crippen LogP) is 7.40. The first-order chi connectivity index (χ1) is 11.6. The second-order valence-corrected chi connectivity index (χ2v) is 8.28. The van der Waals surface area contributed by atoms with Crippen molar-refractivity contribution in [3.63, 3.8) is 0 Å². The molecule has 24 heavy (non-hydrogen) atoms. The van der Waals surface area contributed by atoms with Crippen LogP contribution in [0, 0.1) is 22.7 Å². The van der Waals surface area contributed by atoms with Crippen LogP contribution in [-0.2, 0) is 0 Å². The minimum atomic E-state index is 0.250. The van der Waals surface area contributed by atoms with Crippen LogP contribution in [0.3, 0.4) is 0 Å². The summed E-state index contributed by atoms with van der Waals surface area (Å²) in [6, 6.07) is 0. The van der Waals surface area contributed by atoms with Gasteiger partial charge in [0.2, 0.25) is 0 Å². The molecule has 0 heterocycles. The van der Waals surface area contributed by atoms with E-state index in [1.807, 2.05) is 13.8 Å². The Bertz CT molecular complexity index is 600. The maximum atomic E-state index is 2.65. The Morgan fingerprint density at radius 1 is 1.12 bits per heavy atom. The SMILES string of the molecule is CC.CC/C=C1/CCC2C3CCC4=CCC=CC4(C)C3=CCC12C. The van der Waals surface area contributed by atoms with Gasteiger partial charge in [-0.15, -0.1) is 0 Å². The molecule has 0 aromatic rings. The van der Waals surface area contributed by atoms with E-state index in [0.29, 0.717) is 5.41 Å². The summed E-state index contributed by atoms with van der Waals surface area (Å²) >= 11 is 0. The largest absolute Gasteiger partial charge is 0.0850 e. The lowest BCUT2D eigenvalue weighted by atomic mass is 9.53. The smallest absolute Gasteiger partial charge is 0.0275 e. The Labute approximate surface area is 149 Å². The van der Waals surface area contributed by atoms with Crippen LogP contribution in [0.15, 0.2) is 47.1 Å². The maximum absolute atomic E-state index is 2.65. The van der Waals surface area contributed by atoms with E-state index in [1.54, 1.807) is 16.7 Å².